The highest BCUT2D eigenvalue weighted by molar-refractivity contribution is 5.87. The van der Waals surface area contributed by atoms with E-state index < -0.39 is 12.4 Å². The molecule has 1 amide bonds. The van der Waals surface area contributed by atoms with Gasteiger partial charge in [0.05, 0.1) is 18.6 Å². The molecule has 0 bridgehead atoms. The first-order chi connectivity index (χ1) is 15.3. The summed E-state index contributed by atoms with van der Waals surface area (Å²) in [4.78, 5) is 13.3. The largest absolute Gasteiger partial charge is 0.573 e. The molecule has 0 aliphatic carbocycles. The van der Waals surface area contributed by atoms with Gasteiger partial charge in [-0.05, 0) is 46.5 Å². The highest BCUT2D eigenvalue weighted by Crippen LogP contribution is 2.31. The van der Waals surface area contributed by atoms with E-state index in [2.05, 4.69) is 21.9 Å². The molecule has 0 saturated carbocycles. The van der Waals surface area contributed by atoms with Gasteiger partial charge in [0.15, 0.2) is 5.58 Å². The number of ether oxygens (including phenoxy) is 3. The van der Waals surface area contributed by atoms with Gasteiger partial charge in [-0.15, -0.1) is 13.2 Å². The Morgan fingerprint density at radius 1 is 1.19 bits per heavy atom. The fraction of sp³-hybridized carbons (Fsp3) is 0.273. The van der Waals surface area contributed by atoms with Gasteiger partial charge in [-0.3, -0.25) is 4.79 Å². The average Bonchev–Trinajstić information content (AvgIpc) is 3.16. The molecule has 166 valence electrons. The van der Waals surface area contributed by atoms with Crippen LogP contribution in [-0.2, 0) is 9.53 Å². The van der Waals surface area contributed by atoms with Gasteiger partial charge in [0.2, 0.25) is 5.91 Å². The van der Waals surface area contributed by atoms with E-state index in [0.717, 1.165) is 0 Å². The number of halogens is 3. The zero-order valence-electron chi connectivity index (χ0n) is 16.8. The molecule has 0 radical (unpaired) electrons. The zero-order valence-corrected chi connectivity index (χ0v) is 16.8. The summed E-state index contributed by atoms with van der Waals surface area (Å²) < 4.78 is 57.0. The Bertz CT molecular complexity index is 1180. The van der Waals surface area contributed by atoms with E-state index in [1.807, 2.05) is 0 Å². The van der Waals surface area contributed by atoms with Crippen LogP contribution in [-0.4, -0.2) is 48.1 Å². The maximum absolute atomic E-state index is 12.3. The summed E-state index contributed by atoms with van der Waals surface area (Å²) in [6.07, 6.45) is -2.20. The number of nitrogens with zero attached hydrogens (tertiary/aromatic N) is 2. The lowest BCUT2D eigenvalue weighted by Crippen LogP contribution is -2.47. The van der Waals surface area contributed by atoms with Crippen LogP contribution < -0.4 is 9.47 Å². The standard InChI is InChI=1S/C22H17F3N2O5/c1-14(28)27-9-11-29-13-17(27)8-10-30-21-19-12-16(4-7-20(19)32-26-21)15-2-5-18(6-3-15)31-22(23,24)25/h2-7,12,17H,9,11,13H2,1H3. The molecule has 1 aliphatic rings. The smallest absolute Gasteiger partial charge is 0.406 e. The van der Waals surface area contributed by atoms with Crippen molar-refractivity contribution in [3.63, 3.8) is 0 Å². The molecule has 1 saturated heterocycles. The number of aromatic nitrogens is 1. The third-order valence-corrected chi connectivity index (χ3v) is 4.76. The maximum Gasteiger partial charge on any atom is 0.573 e. The minimum atomic E-state index is -4.75. The molecule has 4 rings (SSSR count). The summed E-state index contributed by atoms with van der Waals surface area (Å²) in [6.45, 7) is 2.67. The lowest BCUT2D eigenvalue weighted by Gasteiger charge is -2.31. The first kappa shape index (κ1) is 21.5. The number of amides is 1. The van der Waals surface area contributed by atoms with Crippen LogP contribution in [0, 0.1) is 12.0 Å². The number of hydrogen-bond acceptors (Lipinski definition) is 6. The second kappa shape index (κ2) is 8.80. The number of carbonyl (C=O) groups excluding carboxylic acids is 1. The van der Waals surface area contributed by atoms with Crippen molar-refractivity contribution in [1.82, 2.24) is 10.1 Å². The van der Waals surface area contributed by atoms with E-state index >= 15 is 0 Å². The zero-order chi connectivity index (χ0) is 22.7. The van der Waals surface area contributed by atoms with Gasteiger partial charge in [0, 0.05) is 13.5 Å². The van der Waals surface area contributed by atoms with Crippen molar-refractivity contribution >= 4 is 16.9 Å². The van der Waals surface area contributed by atoms with Crippen molar-refractivity contribution < 1.29 is 36.7 Å². The summed E-state index contributed by atoms with van der Waals surface area (Å²) in [5, 5.41) is 4.40. The van der Waals surface area contributed by atoms with Crippen LogP contribution >= 0.6 is 0 Å². The highest BCUT2D eigenvalue weighted by atomic mass is 19.4. The third-order valence-electron chi connectivity index (χ3n) is 4.76. The second-order valence-corrected chi connectivity index (χ2v) is 6.92. The molecule has 32 heavy (non-hydrogen) atoms. The van der Waals surface area contributed by atoms with E-state index in [9.17, 15) is 18.0 Å². The SMILES string of the molecule is CC(=O)N1CCOCC1C#COc1noc2ccc(-c3ccc(OC(F)(F)F)cc3)cc12. The quantitative estimate of drug-likeness (QED) is 0.567. The monoisotopic (exact) mass is 446 g/mol. The maximum atomic E-state index is 12.3. The number of fused-ring (bicyclic) bond motifs is 1. The van der Waals surface area contributed by atoms with Gasteiger partial charge in [-0.1, -0.05) is 18.2 Å². The Morgan fingerprint density at radius 2 is 1.94 bits per heavy atom. The number of morpholine rings is 1. The van der Waals surface area contributed by atoms with Gasteiger partial charge < -0.3 is 23.6 Å². The van der Waals surface area contributed by atoms with Crippen LogP contribution in [0.15, 0.2) is 47.0 Å². The van der Waals surface area contributed by atoms with E-state index in [4.69, 9.17) is 14.0 Å². The summed E-state index contributed by atoms with van der Waals surface area (Å²) in [6, 6.07) is 10.2. The van der Waals surface area contributed by atoms with Gasteiger partial charge in [-0.25, -0.2) is 0 Å². The van der Waals surface area contributed by atoms with E-state index in [-0.39, 0.29) is 24.1 Å². The van der Waals surface area contributed by atoms with Gasteiger partial charge in [-0.2, -0.15) is 0 Å². The first-order valence-electron chi connectivity index (χ1n) is 9.58. The fourth-order valence-corrected chi connectivity index (χ4v) is 3.26. The number of carbonyl (C=O) groups is 1. The predicted octanol–water partition coefficient (Wildman–Crippen LogP) is 3.98. The molecule has 1 fully saturated rings. The second-order valence-electron chi connectivity index (χ2n) is 6.92. The van der Waals surface area contributed by atoms with Crippen LogP contribution in [0.5, 0.6) is 11.6 Å². The van der Waals surface area contributed by atoms with Crippen molar-refractivity contribution in [3.8, 4) is 34.8 Å². The normalized spacial score (nSPS) is 16.4. The molecule has 2 aromatic carbocycles. The van der Waals surface area contributed by atoms with Crippen LogP contribution in [0.3, 0.4) is 0 Å². The minimum absolute atomic E-state index is 0.101. The third kappa shape index (κ3) is 4.95. The molecular formula is C22H17F3N2O5. The number of hydrogen-bond donors (Lipinski definition) is 0. The number of alkyl halides is 3. The molecule has 2 heterocycles. The van der Waals surface area contributed by atoms with Gasteiger partial charge >= 0.3 is 6.36 Å². The lowest BCUT2D eigenvalue weighted by molar-refractivity contribution is -0.274. The van der Waals surface area contributed by atoms with Crippen LogP contribution in [0.4, 0.5) is 13.2 Å². The molecule has 3 aromatic rings. The highest BCUT2D eigenvalue weighted by Gasteiger charge is 2.31. The molecule has 1 aliphatic heterocycles. The molecular weight excluding hydrogens is 429 g/mol. The minimum Gasteiger partial charge on any atom is -0.406 e. The lowest BCUT2D eigenvalue weighted by atomic mass is 10.0. The first-order valence-corrected chi connectivity index (χ1v) is 9.58. The summed E-state index contributed by atoms with van der Waals surface area (Å²) >= 11 is 0. The molecule has 0 spiro atoms. The average molecular weight is 446 g/mol. The molecule has 1 atom stereocenters. The Hall–Kier alpha value is -3.71. The van der Waals surface area contributed by atoms with E-state index in [1.165, 1.54) is 31.2 Å². The Balaban J connectivity index is 1.53. The van der Waals surface area contributed by atoms with Crippen LogP contribution in [0.25, 0.3) is 22.1 Å². The van der Waals surface area contributed by atoms with Crippen LogP contribution in [0.2, 0.25) is 0 Å². The van der Waals surface area contributed by atoms with Crippen molar-refractivity contribution in [2.75, 3.05) is 19.8 Å². The van der Waals surface area contributed by atoms with Crippen molar-refractivity contribution in [3.05, 3.63) is 42.5 Å². The van der Waals surface area contributed by atoms with Crippen LogP contribution in [0.1, 0.15) is 6.92 Å². The summed E-state index contributed by atoms with van der Waals surface area (Å²) in [5.41, 5.74) is 1.82. The van der Waals surface area contributed by atoms with Crippen molar-refractivity contribution in [1.29, 1.82) is 0 Å². The molecule has 10 heteroatoms. The molecule has 1 unspecified atom stereocenters. The van der Waals surface area contributed by atoms with Gasteiger partial charge in [0.25, 0.3) is 5.88 Å². The molecule has 0 N–H and O–H groups in total. The number of benzene rings is 2. The topological polar surface area (TPSA) is 74.0 Å². The Labute approximate surface area is 180 Å². The number of rotatable bonds is 3. The van der Waals surface area contributed by atoms with Crippen molar-refractivity contribution in [2.24, 2.45) is 0 Å². The van der Waals surface area contributed by atoms with Gasteiger partial charge in [0.1, 0.15) is 17.9 Å². The van der Waals surface area contributed by atoms with E-state index in [0.29, 0.717) is 35.2 Å². The Morgan fingerprint density at radius 3 is 2.66 bits per heavy atom. The summed E-state index contributed by atoms with van der Waals surface area (Å²) in [5.74, 6) is 2.58. The summed E-state index contributed by atoms with van der Waals surface area (Å²) in [7, 11) is 0. The molecule has 1 aromatic heterocycles. The Kier molecular flexibility index (Phi) is 5.92. The predicted molar refractivity (Wildman–Crippen MR) is 107 cm³/mol. The van der Waals surface area contributed by atoms with E-state index in [1.54, 1.807) is 23.1 Å². The fourth-order valence-electron chi connectivity index (χ4n) is 3.26. The van der Waals surface area contributed by atoms with Crippen molar-refractivity contribution in [2.45, 2.75) is 19.3 Å². The molecule has 7 nitrogen and oxygen atoms in total.